The predicted octanol–water partition coefficient (Wildman–Crippen LogP) is -1.39. The van der Waals surface area contributed by atoms with Crippen LogP contribution in [0.25, 0.3) is 5.53 Å². The largest absolute Gasteiger partial charge is 0.544 e. The van der Waals surface area contributed by atoms with Crippen molar-refractivity contribution in [2.24, 2.45) is 0 Å². The summed E-state index contributed by atoms with van der Waals surface area (Å²) in [4.78, 5) is 0. The van der Waals surface area contributed by atoms with Crippen LogP contribution in [0.5, 0.6) is 0 Å². The Morgan fingerprint density at radius 1 is 1.00 bits per heavy atom. The molecule has 1 aliphatic heterocycles. The van der Waals surface area contributed by atoms with Gasteiger partial charge in [-0.1, -0.05) is 3.51 Å². The summed E-state index contributed by atoms with van der Waals surface area (Å²) in [7, 11) is -8.62. The molecule has 46 valence electrons. The van der Waals surface area contributed by atoms with Gasteiger partial charge in [0.25, 0.3) is 0 Å². The SMILES string of the molecule is [N-]=[N+]1S(=O)(=O)S1(=O)=O. The fourth-order valence-electron chi connectivity index (χ4n) is 0.169. The zero-order chi connectivity index (χ0) is 6.58. The molecule has 0 aromatic rings. The second-order valence-corrected chi connectivity index (χ2v) is 6.25. The third-order valence-electron chi connectivity index (χ3n) is 0.629. The highest BCUT2D eigenvalue weighted by atomic mass is 33.2. The molecule has 0 atom stereocenters. The first-order chi connectivity index (χ1) is 3.40. The lowest BCUT2D eigenvalue weighted by molar-refractivity contribution is -0.150. The van der Waals surface area contributed by atoms with Crippen LogP contribution in [0.3, 0.4) is 0 Å². The summed E-state index contributed by atoms with van der Waals surface area (Å²) < 4.78 is 38.6. The lowest BCUT2D eigenvalue weighted by Crippen LogP contribution is -1.72. The first-order valence-electron chi connectivity index (χ1n) is 1.40. The van der Waals surface area contributed by atoms with Crippen molar-refractivity contribution in [3.8, 4) is 0 Å². The number of rotatable bonds is 0. The molecule has 0 spiro atoms. The van der Waals surface area contributed by atoms with Gasteiger partial charge in [-0.2, -0.15) is 0 Å². The molecule has 0 aliphatic carbocycles. The Morgan fingerprint density at radius 3 is 1.12 bits per heavy atom. The Morgan fingerprint density at radius 2 is 1.12 bits per heavy atom. The Kier molecular flexibility index (Phi) is 0.659. The minimum Gasteiger partial charge on any atom is -0.465 e. The zero-order valence-corrected chi connectivity index (χ0v) is 4.98. The summed E-state index contributed by atoms with van der Waals surface area (Å²) in [6, 6.07) is 0. The molecule has 0 amide bonds. The summed E-state index contributed by atoms with van der Waals surface area (Å²) >= 11 is 0. The van der Waals surface area contributed by atoms with Crippen LogP contribution >= 0.6 is 0 Å². The third kappa shape index (κ3) is 0.325. The van der Waals surface area contributed by atoms with Crippen molar-refractivity contribution in [2.75, 3.05) is 0 Å². The first kappa shape index (κ1) is 5.63. The highest BCUT2D eigenvalue weighted by Crippen LogP contribution is 2.25. The second-order valence-electron chi connectivity index (χ2n) is 1.09. The van der Waals surface area contributed by atoms with Crippen LogP contribution in [0.2, 0.25) is 0 Å². The van der Waals surface area contributed by atoms with Crippen LogP contribution in [0.1, 0.15) is 0 Å². The molecule has 8 heavy (non-hydrogen) atoms. The highest BCUT2D eigenvalue weighted by Gasteiger charge is 2.68. The molecule has 1 rings (SSSR count). The van der Waals surface area contributed by atoms with Gasteiger partial charge >= 0.3 is 18.1 Å². The maximum atomic E-state index is 9.81. The van der Waals surface area contributed by atoms with Crippen LogP contribution in [-0.2, 0) is 18.1 Å². The molecule has 0 aromatic carbocycles. The van der Waals surface area contributed by atoms with Gasteiger partial charge < -0.3 is 5.53 Å². The molecule has 1 saturated heterocycles. The average Bonchev–Trinajstić information content (AvgIpc) is 1.88. The lowest BCUT2D eigenvalue weighted by atomic mass is 13.2. The van der Waals surface area contributed by atoms with E-state index in [1.165, 1.54) is 0 Å². The minimum absolute atomic E-state index is 0.681. The standard InChI is InChI=1S/N2O4S2/c1-2-7(3,4)8(2,5)6. The van der Waals surface area contributed by atoms with Crippen molar-refractivity contribution < 1.29 is 20.3 Å². The average molecular weight is 156 g/mol. The Labute approximate surface area is 44.7 Å². The van der Waals surface area contributed by atoms with Crippen molar-refractivity contribution in [3.63, 3.8) is 0 Å². The summed E-state index contributed by atoms with van der Waals surface area (Å²) in [5.41, 5.74) is 7.88. The Balaban J connectivity index is 3.74. The van der Waals surface area contributed by atoms with E-state index in [0.717, 1.165) is 0 Å². The van der Waals surface area contributed by atoms with E-state index in [1.54, 1.807) is 0 Å². The molecule has 0 bridgehead atoms. The van der Waals surface area contributed by atoms with Crippen molar-refractivity contribution in [1.29, 1.82) is 0 Å². The normalized spacial score (nSPS) is 29.8. The monoisotopic (exact) mass is 156 g/mol. The molecule has 0 saturated carbocycles. The molecule has 6 nitrogen and oxygen atoms in total. The molecule has 1 fully saturated rings. The summed E-state index contributed by atoms with van der Waals surface area (Å²) in [5, 5.41) is 0. The number of hydrogen-bond donors (Lipinski definition) is 0. The van der Waals surface area contributed by atoms with Crippen molar-refractivity contribution in [3.05, 3.63) is 5.53 Å². The molecule has 8 heteroatoms. The number of nitrogens with zero attached hydrogens (tertiary/aromatic N) is 2. The number of hydrogen-bond acceptors (Lipinski definition) is 4. The van der Waals surface area contributed by atoms with Crippen LogP contribution in [-0.4, -0.2) is 20.3 Å². The van der Waals surface area contributed by atoms with Crippen molar-refractivity contribution >= 4 is 18.1 Å². The van der Waals surface area contributed by atoms with Gasteiger partial charge in [-0.05, 0) is 0 Å². The van der Waals surface area contributed by atoms with E-state index in [-0.39, 0.29) is 0 Å². The molecule has 0 unspecified atom stereocenters. The van der Waals surface area contributed by atoms with E-state index >= 15 is 0 Å². The summed E-state index contributed by atoms with van der Waals surface area (Å²) in [6.45, 7) is 0. The third-order valence-corrected chi connectivity index (χ3v) is 4.86. The van der Waals surface area contributed by atoms with E-state index < -0.39 is 21.6 Å². The van der Waals surface area contributed by atoms with Crippen LogP contribution in [0.15, 0.2) is 0 Å². The molecule has 1 aliphatic rings. The van der Waals surface area contributed by atoms with E-state index in [9.17, 15) is 16.8 Å². The molecule has 0 radical (unpaired) electrons. The Bertz CT molecular complexity index is 294. The molecule has 0 N–H and O–H groups in total. The van der Waals surface area contributed by atoms with E-state index in [2.05, 4.69) is 0 Å². The maximum absolute atomic E-state index is 9.81. The molecular weight excluding hydrogens is 156 g/mol. The lowest BCUT2D eigenvalue weighted by Gasteiger charge is -1.45. The summed E-state index contributed by atoms with van der Waals surface area (Å²) in [5.74, 6) is 0. The van der Waals surface area contributed by atoms with Gasteiger partial charge in [-0.15, -0.1) is 16.8 Å². The molecule has 1 heterocycles. The first-order valence-corrected chi connectivity index (χ1v) is 4.80. The van der Waals surface area contributed by atoms with Crippen molar-refractivity contribution in [2.45, 2.75) is 0 Å². The predicted molar refractivity (Wildman–Crippen MR) is 21.5 cm³/mol. The minimum atomic E-state index is -4.31. The van der Waals surface area contributed by atoms with Gasteiger partial charge in [0.1, 0.15) is 0 Å². The fourth-order valence-corrected chi connectivity index (χ4v) is 2.41. The van der Waals surface area contributed by atoms with Crippen LogP contribution in [0, 0.1) is 0 Å². The van der Waals surface area contributed by atoms with Gasteiger partial charge in [-0.3, -0.25) is 0 Å². The van der Waals surface area contributed by atoms with Gasteiger partial charge in [0, 0.05) is 0 Å². The van der Waals surface area contributed by atoms with Gasteiger partial charge in [0.05, 0.1) is 0 Å². The maximum Gasteiger partial charge on any atom is 0.544 e. The van der Waals surface area contributed by atoms with Crippen LogP contribution in [0.4, 0.5) is 0 Å². The van der Waals surface area contributed by atoms with Gasteiger partial charge in [-0.25, -0.2) is 0 Å². The van der Waals surface area contributed by atoms with Crippen molar-refractivity contribution in [1.82, 2.24) is 0 Å². The highest BCUT2D eigenvalue weighted by molar-refractivity contribution is 8.73. The molecular formula is N2O4S2. The zero-order valence-electron chi connectivity index (χ0n) is 3.34. The van der Waals surface area contributed by atoms with Crippen LogP contribution < -0.4 is 0 Å². The molecule has 0 aromatic heterocycles. The topological polar surface area (TPSA) is 93.6 Å². The van der Waals surface area contributed by atoms with Gasteiger partial charge in [0.15, 0.2) is 0 Å². The van der Waals surface area contributed by atoms with E-state index in [1.807, 2.05) is 0 Å². The smallest absolute Gasteiger partial charge is 0.465 e. The van der Waals surface area contributed by atoms with E-state index in [4.69, 9.17) is 5.53 Å². The second kappa shape index (κ2) is 0.935. The van der Waals surface area contributed by atoms with E-state index in [0.29, 0.717) is 0 Å². The fraction of sp³-hybridized carbons (Fsp3) is 0. The van der Waals surface area contributed by atoms with Gasteiger partial charge in [0.2, 0.25) is 0 Å². The summed E-state index contributed by atoms with van der Waals surface area (Å²) in [6.07, 6.45) is 0. The quantitative estimate of drug-likeness (QED) is 0.245. The Hall–Kier alpha value is -0.500.